The van der Waals surface area contributed by atoms with Crippen molar-refractivity contribution in [2.75, 3.05) is 30.0 Å². The first-order valence-electron chi connectivity index (χ1n) is 7.14. The summed E-state index contributed by atoms with van der Waals surface area (Å²) in [5, 5.41) is 12.1. The van der Waals surface area contributed by atoms with Crippen LogP contribution in [0.4, 0.5) is 11.4 Å². The summed E-state index contributed by atoms with van der Waals surface area (Å²) >= 11 is 0. The molecule has 1 aromatic carbocycles. The van der Waals surface area contributed by atoms with E-state index in [1.807, 2.05) is 0 Å². The van der Waals surface area contributed by atoms with E-state index in [1.165, 1.54) is 4.90 Å². The second-order valence-electron chi connectivity index (χ2n) is 5.86. The van der Waals surface area contributed by atoms with Crippen LogP contribution in [0.3, 0.4) is 0 Å². The van der Waals surface area contributed by atoms with Gasteiger partial charge in [0.2, 0.25) is 0 Å². The van der Waals surface area contributed by atoms with Gasteiger partial charge in [0, 0.05) is 18.7 Å². The minimum atomic E-state index is -0.941. The van der Waals surface area contributed by atoms with Gasteiger partial charge in [-0.3, -0.25) is 9.59 Å². The lowest BCUT2D eigenvalue weighted by Crippen LogP contribution is -2.54. The van der Waals surface area contributed by atoms with E-state index in [0.717, 1.165) is 5.69 Å². The Kier molecular flexibility index (Phi) is 3.35. The van der Waals surface area contributed by atoms with Gasteiger partial charge in [-0.1, -0.05) is 0 Å². The third-order valence-corrected chi connectivity index (χ3v) is 3.73. The molecule has 2 N–H and O–H groups in total. The molecule has 0 atom stereocenters. The molecule has 0 saturated carbocycles. The van der Waals surface area contributed by atoms with Crippen LogP contribution >= 0.6 is 0 Å². The van der Waals surface area contributed by atoms with Crippen LogP contribution in [0.15, 0.2) is 12.1 Å². The largest absolute Gasteiger partial charge is 0.486 e. The molecule has 0 aliphatic carbocycles. The van der Waals surface area contributed by atoms with E-state index < -0.39 is 11.5 Å². The predicted molar refractivity (Wildman–Crippen MR) is 79.7 cm³/mol. The van der Waals surface area contributed by atoms with Crippen molar-refractivity contribution in [2.24, 2.45) is 0 Å². The number of nitrogens with zero attached hydrogens (tertiary/aromatic N) is 1. The maximum Gasteiger partial charge on any atom is 0.305 e. The smallest absolute Gasteiger partial charge is 0.305 e. The van der Waals surface area contributed by atoms with Crippen molar-refractivity contribution in [1.29, 1.82) is 0 Å². The Labute approximate surface area is 127 Å². The highest BCUT2D eigenvalue weighted by atomic mass is 16.6. The lowest BCUT2D eigenvalue weighted by atomic mass is 9.97. The van der Waals surface area contributed by atoms with E-state index in [9.17, 15) is 9.59 Å². The lowest BCUT2D eigenvalue weighted by molar-refractivity contribution is -0.136. The number of hydrogen-bond donors (Lipinski definition) is 2. The molecule has 0 bridgehead atoms. The molecule has 0 radical (unpaired) electrons. The van der Waals surface area contributed by atoms with Crippen LogP contribution in [-0.4, -0.2) is 42.3 Å². The summed E-state index contributed by atoms with van der Waals surface area (Å²) in [6, 6.07) is 3.53. The second kappa shape index (κ2) is 5.08. The summed E-state index contributed by atoms with van der Waals surface area (Å²) in [5.41, 5.74) is 0.545. The van der Waals surface area contributed by atoms with E-state index >= 15 is 0 Å². The zero-order valence-corrected chi connectivity index (χ0v) is 12.5. The van der Waals surface area contributed by atoms with Crippen molar-refractivity contribution in [1.82, 2.24) is 0 Å². The topological polar surface area (TPSA) is 88.1 Å². The summed E-state index contributed by atoms with van der Waals surface area (Å²) in [4.78, 5) is 24.9. The molecule has 2 heterocycles. The fraction of sp³-hybridized carbons (Fsp3) is 0.467. The van der Waals surface area contributed by atoms with Gasteiger partial charge in [0.05, 0.1) is 17.8 Å². The number of ether oxygens (including phenoxy) is 2. The van der Waals surface area contributed by atoms with E-state index in [1.54, 1.807) is 26.0 Å². The van der Waals surface area contributed by atoms with Crippen LogP contribution in [0.5, 0.6) is 11.5 Å². The molecule has 7 nitrogen and oxygen atoms in total. The molecule has 2 aliphatic heterocycles. The molecule has 0 fully saturated rings. The third kappa shape index (κ3) is 2.43. The zero-order chi connectivity index (χ0) is 15.9. The first-order chi connectivity index (χ1) is 10.4. The molecule has 7 heteroatoms. The number of carbonyl (C=O) groups excluding carboxylic acids is 1. The average molecular weight is 306 g/mol. The molecule has 0 saturated heterocycles. The van der Waals surface area contributed by atoms with E-state index in [2.05, 4.69) is 5.32 Å². The minimum absolute atomic E-state index is 0.115. The van der Waals surface area contributed by atoms with E-state index in [4.69, 9.17) is 14.6 Å². The highest BCUT2D eigenvalue weighted by Crippen LogP contribution is 2.43. The van der Waals surface area contributed by atoms with E-state index in [0.29, 0.717) is 30.4 Å². The summed E-state index contributed by atoms with van der Waals surface area (Å²) < 4.78 is 11.1. The Morgan fingerprint density at radius 1 is 1.32 bits per heavy atom. The van der Waals surface area contributed by atoms with Gasteiger partial charge in [0.25, 0.3) is 5.91 Å². The van der Waals surface area contributed by atoms with Gasteiger partial charge >= 0.3 is 5.97 Å². The molecule has 22 heavy (non-hydrogen) atoms. The van der Waals surface area contributed by atoms with Gasteiger partial charge in [0.1, 0.15) is 18.8 Å². The van der Waals surface area contributed by atoms with Crippen LogP contribution < -0.4 is 19.7 Å². The third-order valence-electron chi connectivity index (χ3n) is 3.73. The van der Waals surface area contributed by atoms with Gasteiger partial charge in [-0.2, -0.15) is 0 Å². The number of carbonyl (C=O) groups is 2. The Balaban J connectivity index is 2.03. The first-order valence-corrected chi connectivity index (χ1v) is 7.14. The number of aliphatic carboxylic acids is 1. The average Bonchev–Trinajstić information content (AvgIpc) is 2.45. The van der Waals surface area contributed by atoms with E-state index in [-0.39, 0.29) is 18.9 Å². The predicted octanol–water partition coefficient (Wildman–Crippen LogP) is 1.47. The minimum Gasteiger partial charge on any atom is -0.486 e. The van der Waals surface area contributed by atoms with Gasteiger partial charge < -0.3 is 24.8 Å². The molecule has 2 aliphatic rings. The standard InChI is InChI=1S/C15H18N2O5/c1-15(2)14(20)17(4-3-13(18)19)10-8-12-11(7-9(10)16-15)21-5-6-22-12/h7-8,16H,3-6H2,1-2H3,(H,18,19). The van der Waals surface area contributed by atoms with Crippen LogP contribution in [0, 0.1) is 0 Å². The van der Waals surface area contributed by atoms with Crippen molar-refractivity contribution in [2.45, 2.75) is 25.8 Å². The maximum atomic E-state index is 12.6. The normalized spacial score (nSPS) is 18.5. The molecule has 0 spiro atoms. The maximum absolute atomic E-state index is 12.6. The monoisotopic (exact) mass is 306 g/mol. The summed E-state index contributed by atoms with van der Waals surface area (Å²) in [7, 11) is 0. The number of rotatable bonds is 3. The summed E-state index contributed by atoms with van der Waals surface area (Å²) in [5.74, 6) is 0.0848. The second-order valence-corrected chi connectivity index (χ2v) is 5.86. The number of carboxylic acid groups (broad SMARTS) is 1. The van der Waals surface area contributed by atoms with Crippen LogP contribution in [0.2, 0.25) is 0 Å². The van der Waals surface area contributed by atoms with Crippen molar-refractivity contribution in [3.05, 3.63) is 12.1 Å². The van der Waals surface area contributed by atoms with Gasteiger partial charge in [-0.05, 0) is 13.8 Å². The van der Waals surface area contributed by atoms with Gasteiger partial charge in [0.15, 0.2) is 11.5 Å². The Morgan fingerprint density at radius 3 is 2.59 bits per heavy atom. The molecular formula is C15H18N2O5. The number of anilines is 2. The molecule has 0 unspecified atom stereocenters. The highest BCUT2D eigenvalue weighted by Gasteiger charge is 2.39. The fourth-order valence-corrected chi connectivity index (χ4v) is 2.67. The molecule has 118 valence electrons. The number of amides is 1. The van der Waals surface area contributed by atoms with Crippen molar-refractivity contribution >= 4 is 23.3 Å². The summed E-state index contributed by atoms with van der Waals surface area (Å²) in [6.45, 7) is 4.59. The van der Waals surface area contributed by atoms with Crippen molar-refractivity contribution < 1.29 is 24.2 Å². The number of benzene rings is 1. The SMILES string of the molecule is CC1(C)Nc2cc3c(cc2N(CCC(=O)O)C1=O)OCCO3. The van der Waals surface area contributed by atoms with Crippen LogP contribution in [0.25, 0.3) is 0 Å². The fourth-order valence-electron chi connectivity index (χ4n) is 2.67. The van der Waals surface area contributed by atoms with Gasteiger partial charge in [-0.15, -0.1) is 0 Å². The number of fused-ring (bicyclic) bond motifs is 2. The van der Waals surface area contributed by atoms with Crippen molar-refractivity contribution in [3.8, 4) is 11.5 Å². The Bertz CT molecular complexity index is 641. The number of carboxylic acids is 1. The van der Waals surface area contributed by atoms with Gasteiger partial charge in [-0.25, -0.2) is 0 Å². The van der Waals surface area contributed by atoms with Crippen molar-refractivity contribution in [3.63, 3.8) is 0 Å². The molecule has 0 aromatic heterocycles. The highest BCUT2D eigenvalue weighted by molar-refractivity contribution is 6.08. The number of nitrogens with one attached hydrogen (secondary N) is 1. The molecule has 1 amide bonds. The zero-order valence-electron chi connectivity index (χ0n) is 12.5. The lowest BCUT2D eigenvalue weighted by Gasteiger charge is -2.40. The quantitative estimate of drug-likeness (QED) is 0.879. The first kappa shape index (κ1) is 14.5. The van der Waals surface area contributed by atoms with Crippen LogP contribution in [-0.2, 0) is 9.59 Å². The number of hydrogen-bond acceptors (Lipinski definition) is 5. The molecular weight excluding hydrogens is 288 g/mol. The Hall–Kier alpha value is -2.44. The Morgan fingerprint density at radius 2 is 1.95 bits per heavy atom. The molecule has 1 aromatic rings. The molecule has 3 rings (SSSR count). The summed E-state index contributed by atoms with van der Waals surface area (Å²) in [6.07, 6.45) is -0.115. The van der Waals surface area contributed by atoms with Crippen LogP contribution in [0.1, 0.15) is 20.3 Å².